The minimum atomic E-state index is -0.621. The Morgan fingerprint density at radius 1 is 1.13 bits per heavy atom. The number of nitrogens with zero attached hydrogens (tertiary/aromatic N) is 1. The first kappa shape index (κ1) is 25.0. The number of rotatable bonds is 8. The van der Waals surface area contributed by atoms with Gasteiger partial charge >= 0.3 is 0 Å². The summed E-state index contributed by atoms with van der Waals surface area (Å²) in [4.78, 5) is 28.1. The number of hydrogen-bond donors (Lipinski definition) is 1. The van der Waals surface area contributed by atoms with Crippen LogP contribution in [0.2, 0.25) is 10.0 Å². The van der Waals surface area contributed by atoms with Crippen molar-refractivity contribution in [1.82, 2.24) is 10.2 Å². The summed E-state index contributed by atoms with van der Waals surface area (Å²) in [5.41, 5.74) is 1.13. The van der Waals surface area contributed by atoms with Gasteiger partial charge in [0.2, 0.25) is 11.8 Å². The molecule has 5 nitrogen and oxygen atoms in total. The molecular formula is C24H30Cl2N2O3. The van der Waals surface area contributed by atoms with E-state index in [0.29, 0.717) is 27.8 Å². The van der Waals surface area contributed by atoms with Crippen molar-refractivity contribution in [3.05, 3.63) is 63.6 Å². The molecule has 0 aliphatic carbocycles. The number of benzene rings is 2. The standard InChI is InChI=1S/C24H30Cl2N2O3/c1-6-21(23(30)27-24(2,3)4)28(15-16-8-7-9-19(12-16)31-5)22(29)13-17-10-11-18(25)14-20(17)26/h7-12,14,21H,6,13,15H2,1-5H3,(H,27,30). The second-order valence-electron chi connectivity index (χ2n) is 8.45. The van der Waals surface area contributed by atoms with Crippen LogP contribution in [0.4, 0.5) is 0 Å². The summed E-state index contributed by atoms with van der Waals surface area (Å²) in [5.74, 6) is 0.314. The molecule has 2 rings (SSSR count). The third-order valence-corrected chi connectivity index (χ3v) is 5.31. The van der Waals surface area contributed by atoms with Gasteiger partial charge in [-0.05, 0) is 62.6 Å². The number of halogens is 2. The van der Waals surface area contributed by atoms with Crippen LogP contribution in [-0.4, -0.2) is 35.4 Å². The molecule has 1 unspecified atom stereocenters. The first-order valence-electron chi connectivity index (χ1n) is 10.2. The average Bonchev–Trinajstić information content (AvgIpc) is 2.68. The first-order valence-corrected chi connectivity index (χ1v) is 11.0. The molecule has 1 atom stereocenters. The van der Waals surface area contributed by atoms with Crippen LogP contribution < -0.4 is 10.1 Å². The van der Waals surface area contributed by atoms with E-state index in [0.717, 1.165) is 5.56 Å². The van der Waals surface area contributed by atoms with Crippen LogP contribution >= 0.6 is 23.2 Å². The molecule has 0 saturated heterocycles. The van der Waals surface area contributed by atoms with Crippen molar-refractivity contribution in [2.45, 2.75) is 58.7 Å². The van der Waals surface area contributed by atoms with E-state index in [1.54, 1.807) is 30.2 Å². The molecule has 0 bridgehead atoms. The first-order chi connectivity index (χ1) is 14.5. The zero-order valence-electron chi connectivity index (χ0n) is 18.7. The molecule has 31 heavy (non-hydrogen) atoms. The molecule has 1 N–H and O–H groups in total. The Kier molecular flexibility index (Phi) is 8.78. The molecule has 0 aliphatic rings. The number of methoxy groups -OCH3 is 1. The minimum absolute atomic E-state index is 0.0687. The van der Waals surface area contributed by atoms with Gasteiger partial charge in [-0.1, -0.05) is 48.3 Å². The Labute approximate surface area is 194 Å². The fraction of sp³-hybridized carbons (Fsp3) is 0.417. The monoisotopic (exact) mass is 464 g/mol. The highest BCUT2D eigenvalue weighted by atomic mass is 35.5. The van der Waals surface area contributed by atoms with E-state index in [2.05, 4.69) is 5.32 Å². The molecule has 0 heterocycles. The highest BCUT2D eigenvalue weighted by molar-refractivity contribution is 6.35. The number of amides is 2. The maximum Gasteiger partial charge on any atom is 0.243 e. The number of carbonyl (C=O) groups is 2. The molecule has 0 radical (unpaired) electrons. The highest BCUT2D eigenvalue weighted by Crippen LogP contribution is 2.24. The van der Waals surface area contributed by atoms with Crippen LogP contribution in [0.3, 0.4) is 0 Å². The van der Waals surface area contributed by atoms with Gasteiger partial charge in [0.15, 0.2) is 0 Å². The second-order valence-corrected chi connectivity index (χ2v) is 9.29. The minimum Gasteiger partial charge on any atom is -0.497 e. The lowest BCUT2D eigenvalue weighted by Gasteiger charge is -2.33. The smallest absolute Gasteiger partial charge is 0.243 e. The molecule has 0 spiro atoms. The lowest BCUT2D eigenvalue weighted by atomic mass is 10.0. The fourth-order valence-corrected chi connectivity index (χ4v) is 3.74. The predicted molar refractivity (Wildman–Crippen MR) is 126 cm³/mol. The topological polar surface area (TPSA) is 58.6 Å². The molecule has 0 fully saturated rings. The van der Waals surface area contributed by atoms with Gasteiger partial charge in [-0.25, -0.2) is 0 Å². The van der Waals surface area contributed by atoms with E-state index in [9.17, 15) is 9.59 Å². The van der Waals surface area contributed by atoms with Crippen molar-refractivity contribution in [2.24, 2.45) is 0 Å². The normalized spacial score (nSPS) is 12.2. The van der Waals surface area contributed by atoms with Gasteiger partial charge in [0.25, 0.3) is 0 Å². The van der Waals surface area contributed by atoms with Crippen molar-refractivity contribution >= 4 is 35.0 Å². The Bertz CT molecular complexity index is 925. The summed E-state index contributed by atoms with van der Waals surface area (Å²) in [5, 5.41) is 3.93. The van der Waals surface area contributed by atoms with Crippen LogP contribution in [0, 0.1) is 0 Å². The van der Waals surface area contributed by atoms with Gasteiger partial charge < -0.3 is 15.0 Å². The van der Waals surface area contributed by atoms with Gasteiger partial charge in [0.05, 0.1) is 13.5 Å². The largest absolute Gasteiger partial charge is 0.497 e. The summed E-state index contributed by atoms with van der Waals surface area (Å²) in [6, 6.07) is 11.9. The van der Waals surface area contributed by atoms with E-state index < -0.39 is 11.6 Å². The summed E-state index contributed by atoms with van der Waals surface area (Å²) in [6.45, 7) is 7.92. The lowest BCUT2D eigenvalue weighted by Crippen LogP contribution is -2.53. The van der Waals surface area contributed by atoms with E-state index in [1.165, 1.54) is 0 Å². The van der Waals surface area contributed by atoms with Crippen molar-refractivity contribution in [3.63, 3.8) is 0 Å². The van der Waals surface area contributed by atoms with Crippen LogP contribution in [0.25, 0.3) is 0 Å². The summed E-state index contributed by atoms with van der Waals surface area (Å²) >= 11 is 12.3. The van der Waals surface area contributed by atoms with Crippen LogP contribution in [-0.2, 0) is 22.6 Å². The molecule has 0 aliphatic heterocycles. The Morgan fingerprint density at radius 3 is 2.42 bits per heavy atom. The summed E-state index contributed by atoms with van der Waals surface area (Å²) < 4.78 is 5.31. The molecule has 0 aromatic heterocycles. The molecule has 7 heteroatoms. The Morgan fingerprint density at radius 2 is 1.84 bits per heavy atom. The van der Waals surface area contributed by atoms with Crippen molar-refractivity contribution in [1.29, 1.82) is 0 Å². The quantitative estimate of drug-likeness (QED) is 0.578. The maximum absolute atomic E-state index is 13.4. The van der Waals surface area contributed by atoms with Crippen LogP contribution in [0.5, 0.6) is 5.75 Å². The summed E-state index contributed by atoms with van der Waals surface area (Å²) in [6.07, 6.45) is 0.547. The van der Waals surface area contributed by atoms with Gasteiger partial charge in [0.1, 0.15) is 11.8 Å². The molecule has 2 amide bonds. The number of hydrogen-bond acceptors (Lipinski definition) is 3. The zero-order valence-corrected chi connectivity index (χ0v) is 20.2. The third-order valence-electron chi connectivity index (χ3n) is 4.73. The number of ether oxygens (including phenoxy) is 1. The molecule has 2 aromatic carbocycles. The van der Waals surface area contributed by atoms with E-state index in [1.807, 2.05) is 52.0 Å². The Hall–Kier alpha value is -2.24. The van der Waals surface area contributed by atoms with Gasteiger partial charge in [-0.2, -0.15) is 0 Å². The molecular weight excluding hydrogens is 435 g/mol. The van der Waals surface area contributed by atoms with Gasteiger partial charge in [-0.15, -0.1) is 0 Å². The highest BCUT2D eigenvalue weighted by Gasteiger charge is 2.31. The van der Waals surface area contributed by atoms with Gasteiger partial charge in [-0.3, -0.25) is 9.59 Å². The van der Waals surface area contributed by atoms with Crippen molar-refractivity contribution in [2.75, 3.05) is 7.11 Å². The predicted octanol–water partition coefficient (Wildman–Crippen LogP) is 5.27. The fourth-order valence-electron chi connectivity index (χ4n) is 3.27. The van der Waals surface area contributed by atoms with E-state index >= 15 is 0 Å². The van der Waals surface area contributed by atoms with E-state index in [4.69, 9.17) is 27.9 Å². The van der Waals surface area contributed by atoms with Crippen LogP contribution in [0.1, 0.15) is 45.2 Å². The molecule has 2 aromatic rings. The number of nitrogens with one attached hydrogen (secondary N) is 1. The molecule has 168 valence electrons. The van der Waals surface area contributed by atoms with Crippen molar-refractivity contribution in [3.8, 4) is 5.75 Å². The SMILES string of the molecule is CCC(C(=O)NC(C)(C)C)N(Cc1cccc(OC)c1)C(=O)Cc1ccc(Cl)cc1Cl. The number of carbonyl (C=O) groups excluding carboxylic acids is 2. The van der Waals surface area contributed by atoms with Crippen molar-refractivity contribution < 1.29 is 14.3 Å². The average molecular weight is 465 g/mol. The maximum atomic E-state index is 13.4. The van der Waals surface area contributed by atoms with E-state index in [-0.39, 0.29) is 24.8 Å². The van der Waals surface area contributed by atoms with Crippen LogP contribution in [0.15, 0.2) is 42.5 Å². The second kappa shape index (κ2) is 10.9. The third kappa shape index (κ3) is 7.44. The van der Waals surface area contributed by atoms with Gasteiger partial charge in [0, 0.05) is 22.1 Å². The summed E-state index contributed by atoms with van der Waals surface area (Å²) in [7, 11) is 1.59. The Balaban J connectivity index is 2.36. The zero-order chi connectivity index (χ0) is 23.2. The lowest BCUT2D eigenvalue weighted by molar-refractivity contribution is -0.141. The molecule has 0 saturated carbocycles.